The number of carboxylic acid groups (broad SMARTS) is 1. The molecule has 0 spiro atoms. The van der Waals surface area contributed by atoms with E-state index in [1.807, 2.05) is 6.92 Å². The van der Waals surface area contributed by atoms with Gasteiger partial charge in [0, 0.05) is 6.54 Å². The van der Waals surface area contributed by atoms with Gasteiger partial charge in [-0.1, -0.05) is 19.8 Å². The summed E-state index contributed by atoms with van der Waals surface area (Å²) in [5.74, 6) is -1.16. The Morgan fingerprint density at radius 3 is 2.76 bits per heavy atom. The standard InChI is InChI=1S/C12H22N2O3/c1-2-4-10(13)11(15)14-7-8-5-3-6-9(8)12(16)17/h8-10H,2-7,13H2,1H3,(H,14,15)(H,16,17)/t8?,9?,10-/m1/s1. The second-order valence-electron chi connectivity index (χ2n) is 4.78. The Kier molecular flexibility index (Phi) is 5.41. The van der Waals surface area contributed by atoms with Gasteiger partial charge in [-0.15, -0.1) is 0 Å². The number of rotatable bonds is 6. The lowest BCUT2D eigenvalue weighted by Crippen LogP contribution is -2.43. The number of carbonyl (C=O) groups is 2. The van der Waals surface area contributed by atoms with Crippen molar-refractivity contribution in [2.75, 3.05) is 6.54 Å². The average Bonchev–Trinajstić information content (AvgIpc) is 2.74. The Bertz CT molecular complexity index is 281. The number of nitrogens with two attached hydrogens (primary N) is 1. The summed E-state index contributed by atoms with van der Waals surface area (Å²) < 4.78 is 0. The third-order valence-corrected chi connectivity index (χ3v) is 3.45. The van der Waals surface area contributed by atoms with Gasteiger partial charge in [-0.05, 0) is 25.2 Å². The van der Waals surface area contributed by atoms with Crippen LogP contribution >= 0.6 is 0 Å². The van der Waals surface area contributed by atoms with Crippen molar-refractivity contribution in [1.82, 2.24) is 5.32 Å². The molecule has 0 bridgehead atoms. The Balaban J connectivity index is 2.34. The lowest BCUT2D eigenvalue weighted by Gasteiger charge is -2.18. The molecule has 4 N–H and O–H groups in total. The summed E-state index contributed by atoms with van der Waals surface area (Å²) in [4.78, 5) is 22.5. The predicted molar refractivity (Wildman–Crippen MR) is 64.4 cm³/mol. The van der Waals surface area contributed by atoms with Gasteiger partial charge in [0.05, 0.1) is 12.0 Å². The quantitative estimate of drug-likeness (QED) is 0.640. The van der Waals surface area contributed by atoms with Gasteiger partial charge in [-0.25, -0.2) is 0 Å². The van der Waals surface area contributed by atoms with Crippen LogP contribution in [0.5, 0.6) is 0 Å². The second kappa shape index (κ2) is 6.59. The van der Waals surface area contributed by atoms with E-state index in [0.29, 0.717) is 13.0 Å². The molecule has 1 rings (SSSR count). The van der Waals surface area contributed by atoms with Gasteiger partial charge in [0.15, 0.2) is 0 Å². The summed E-state index contributed by atoms with van der Waals surface area (Å²) in [5.41, 5.74) is 5.68. The number of amides is 1. The summed E-state index contributed by atoms with van der Waals surface area (Å²) in [6.45, 7) is 2.41. The highest BCUT2D eigenvalue weighted by molar-refractivity contribution is 5.81. The molecule has 1 fully saturated rings. The highest BCUT2D eigenvalue weighted by Crippen LogP contribution is 2.31. The molecule has 1 aliphatic rings. The molecule has 0 aliphatic heterocycles. The topological polar surface area (TPSA) is 92.4 Å². The summed E-state index contributed by atoms with van der Waals surface area (Å²) in [7, 11) is 0. The molecule has 0 heterocycles. The molecule has 1 amide bonds. The SMILES string of the molecule is CCC[C@@H](N)C(=O)NCC1CCCC1C(=O)O. The van der Waals surface area contributed by atoms with Gasteiger partial charge < -0.3 is 16.2 Å². The van der Waals surface area contributed by atoms with Crippen molar-refractivity contribution in [2.24, 2.45) is 17.6 Å². The van der Waals surface area contributed by atoms with Crippen molar-refractivity contribution in [3.63, 3.8) is 0 Å². The molecule has 17 heavy (non-hydrogen) atoms. The molecule has 0 aromatic rings. The van der Waals surface area contributed by atoms with E-state index in [1.165, 1.54) is 0 Å². The van der Waals surface area contributed by atoms with Gasteiger partial charge in [-0.2, -0.15) is 0 Å². The van der Waals surface area contributed by atoms with Crippen LogP contribution in [0.3, 0.4) is 0 Å². The summed E-state index contributed by atoms with van der Waals surface area (Å²) >= 11 is 0. The molecule has 1 aliphatic carbocycles. The van der Waals surface area contributed by atoms with Crippen LogP contribution in [0.4, 0.5) is 0 Å². The summed E-state index contributed by atoms with van der Waals surface area (Å²) in [5, 5.41) is 11.8. The van der Waals surface area contributed by atoms with Crippen molar-refractivity contribution < 1.29 is 14.7 Å². The minimum absolute atomic E-state index is 0.0604. The molecule has 0 aromatic heterocycles. The molecule has 5 heteroatoms. The number of carboxylic acids is 1. The largest absolute Gasteiger partial charge is 0.481 e. The van der Waals surface area contributed by atoms with Crippen molar-refractivity contribution in [3.8, 4) is 0 Å². The van der Waals surface area contributed by atoms with Crippen molar-refractivity contribution in [3.05, 3.63) is 0 Å². The molecule has 2 unspecified atom stereocenters. The molecule has 5 nitrogen and oxygen atoms in total. The maximum absolute atomic E-state index is 11.6. The fourth-order valence-electron chi connectivity index (χ4n) is 2.41. The molecular weight excluding hydrogens is 220 g/mol. The number of aliphatic carboxylic acids is 1. The fourth-order valence-corrected chi connectivity index (χ4v) is 2.41. The van der Waals surface area contributed by atoms with Crippen LogP contribution in [-0.4, -0.2) is 29.6 Å². The first-order valence-corrected chi connectivity index (χ1v) is 6.32. The smallest absolute Gasteiger partial charge is 0.306 e. The number of nitrogens with one attached hydrogen (secondary N) is 1. The maximum Gasteiger partial charge on any atom is 0.306 e. The number of hydrogen-bond acceptors (Lipinski definition) is 3. The van der Waals surface area contributed by atoms with Crippen LogP contribution in [0.2, 0.25) is 0 Å². The first-order valence-electron chi connectivity index (χ1n) is 6.32. The zero-order valence-electron chi connectivity index (χ0n) is 10.3. The zero-order chi connectivity index (χ0) is 12.8. The van der Waals surface area contributed by atoms with E-state index in [-0.39, 0.29) is 17.7 Å². The zero-order valence-corrected chi connectivity index (χ0v) is 10.3. The van der Waals surface area contributed by atoms with Gasteiger partial charge in [-0.3, -0.25) is 9.59 Å². The van der Waals surface area contributed by atoms with E-state index in [1.54, 1.807) is 0 Å². The second-order valence-corrected chi connectivity index (χ2v) is 4.78. The van der Waals surface area contributed by atoms with Crippen LogP contribution in [0, 0.1) is 11.8 Å². The van der Waals surface area contributed by atoms with E-state index in [9.17, 15) is 9.59 Å². The summed E-state index contributed by atoms with van der Waals surface area (Å²) in [6.07, 6.45) is 4.06. The van der Waals surface area contributed by atoms with Crippen molar-refractivity contribution in [2.45, 2.75) is 45.1 Å². The van der Waals surface area contributed by atoms with Crippen molar-refractivity contribution >= 4 is 11.9 Å². The minimum Gasteiger partial charge on any atom is -0.481 e. The van der Waals surface area contributed by atoms with Gasteiger partial charge in [0.25, 0.3) is 0 Å². The van der Waals surface area contributed by atoms with E-state index in [4.69, 9.17) is 10.8 Å². The van der Waals surface area contributed by atoms with Crippen LogP contribution in [0.1, 0.15) is 39.0 Å². The molecular formula is C12H22N2O3. The Morgan fingerprint density at radius 2 is 2.18 bits per heavy atom. The molecule has 3 atom stereocenters. The van der Waals surface area contributed by atoms with E-state index >= 15 is 0 Å². The lowest BCUT2D eigenvalue weighted by molar-refractivity contribution is -0.143. The van der Waals surface area contributed by atoms with Crippen LogP contribution in [0.15, 0.2) is 0 Å². The third kappa shape index (κ3) is 4.00. The number of carbonyl (C=O) groups excluding carboxylic acids is 1. The van der Waals surface area contributed by atoms with E-state index < -0.39 is 12.0 Å². The molecule has 0 saturated heterocycles. The Morgan fingerprint density at radius 1 is 1.47 bits per heavy atom. The molecule has 98 valence electrons. The first-order chi connectivity index (χ1) is 8.06. The van der Waals surface area contributed by atoms with Gasteiger partial charge in [0.2, 0.25) is 5.91 Å². The van der Waals surface area contributed by atoms with Gasteiger partial charge >= 0.3 is 5.97 Å². The van der Waals surface area contributed by atoms with E-state index in [2.05, 4.69) is 5.32 Å². The van der Waals surface area contributed by atoms with Crippen LogP contribution in [-0.2, 0) is 9.59 Å². The van der Waals surface area contributed by atoms with Crippen LogP contribution < -0.4 is 11.1 Å². The lowest BCUT2D eigenvalue weighted by atomic mass is 9.96. The molecule has 1 saturated carbocycles. The minimum atomic E-state index is -0.750. The Labute approximate surface area is 102 Å². The predicted octanol–water partition coefficient (Wildman–Crippen LogP) is 0.731. The Hall–Kier alpha value is -1.10. The average molecular weight is 242 g/mol. The maximum atomic E-state index is 11.6. The third-order valence-electron chi connectivity index (χ3n) is 3.45. The highest BCUT2D eigenvalue weighted by Gasteiger charge is 2.33. The van der Waals surface area contributed by atoms with Crippen molar-refractivity contribution in [1.29, 1.82) is 0 Å². The fraction of sp³-hybridized carbons (Fsp3) is 0.833. The molecule has 0 aromatic carbocycles. The summed E-state index contributed by atoms with van der Waals surface area (Å²) in [6, 6.07) is -0.468. The normalized spacial score (nSPS) is 25.5. The van der Waals surface area contributed by atoms with Gasteiger partial charge in [0.1, 0.15) is 0 Å². The monoisotopic (exact) mass is 242 g/mol. The number of hydrogen-bond donors (Lipinski definition) is 3. The van der Waals surface area contributed by atoms with E-state index in [0.717, 1.165) is 25.7 Å². The highest BCUT2D eigenvalue weighted by atomic mass is 16.4. The first kappa shape index (κ1) is 14.0. The molecule has 0 radical (unpaired) electrons. The van der Waals surface area contributed by atoms with Crippen LogP contribution in [0.25, 0.3) is 0 Å².